The minimum absolute atomic E-state index is 0.0774. The van der Waals surface area contributed by atoms with Crippen LogP contribution in [0.1, 0.15) is 0 Å². The number of nitrogen functional groups attached to an aromatic ring is 1. The Morgan fingerprint density at radius 2 is 1.70 bits per heavy atom. The van der Waals surface area contributed by atoms with Crippen molar-refractivity contribution in [3.63, 3.8) is 0 Å². The van der Waals surface area contributed by atoms with Crippen molar-refractivity contribution in [2.45, 2.75) is 0 Å². The summed E-state index contributed by atoms with van der Waals surface area (Å²) in [5.74, 6) is 1.20. The second-order valence-electron chi connectivity index (χ2n) is 4.67. The van der Waals surface area contributed by atoms with E-state index in [1.165, 1.54) is 12.1 Å². The number of nitro groups is 1. The van der Waals surface area contributed by atoms with Gasteiger partial charge in [0.2, 0.25) is 11.8 Å². The molecule has 0 saturated heterocycles. The number of hydrogen-bond acceptors (Lipinski definition) is 7. The Kier molecular flexibility index (Phi) is 3.63. The number of nitro benzene ring substituents is 1. The summed E-state index contributed by atoms with van der Waals surface area (Å²) in [6.45, 7) is 0. The van der Waals surface area contributed by atoms with E-state index in [9.17, 15) is 10.1 Å². The van der Waals surface area contributed by atoms with Crippen molar-refractivity contribution < 1.29 is 14.1 Å². The van der Waals surface area contributed by atoms with Gasteiger partial charge in [0.1, 0.15) is 11.4 Å². The largest absolute Gasteiger partial charge is 0.497 e. The summed E-state index contributed by atoms with van der Waals surface area (Å²) in [4.78, 5) is 10.4. The second-order valence-corrected chi connectivity index (χ2v) is 4.67. The Bertz CT molecular complexity index is 858. The van der Waals surface area contributed by atoms with E-state index >= 15 is 0 Å². The fourth-order valence-electron chi connectivity index (χ4n) is 2.02. The highest BCUT2D eigenvalue weighted by Gasteiger charge is 2.16. The molecule has 0 fully saturated rings. The van der Waals surface area contributed by atoms with Crippen molar-refractivity contribution in [3.05, 3.63) is 52.6 Å². The zero-order valence-electron chi connectivity index (χ0n) is 12.1. The van der Waals surface area contributed by atoms with E-state index in [1.807, 2.05) is 0 Å². The number of ether oxygens (including phenoxy) is 1. The molecule has 8 nitrogen and oxygen atoms in total. The van der Waals surface area contributed by atoms with Crippen molar-refractivity contribution in [2.24, 2.45) is 0 Å². The highest BCUT2D eigenvalue weighted by Crippen LogP contribution is 2.30. The summed E-state index contributed by atoms with van der Waals surface area (Å²) in [5.41, 5.74) is 6.59. The maximum Gasteiger partial charge on any atom is 0.292 e. The quantitative estimate of drug-likeness (QED) is 0.447. The topological polar surface area (TPSA) is 117 Å². The average molecular weight is 312 g/mol. The van der Waals surface area contributed by atoms with Gasteiger partial charge in [-0.05, 0) is 36.4 Å². The van der Waals surface area contributed by atoms with E-state index in [-0.39, 0.29) is 17.3 Å². The van der Waals surface area contributed by atoms with Crippen molar-refractivity contribution in [1.82, 2.24) is 10.2 Å². The highest BCUT2D eigenvalue weighted by atomic mass is 16.6. The van der Waals surface area contributed by atoms with Gasteiger partial charge in [-0.3, -0.25) is 10.1 Å². The van der Waals surface area contributed by atoms with Crippen LogP contribution in [0, 0.1) is 10.1 Å². The first-order chi connectivity index (χ1) is 11.1. The van der Waals surface area contributed by atoms with Gasteiger partial charge in [0.15, 0.2) is 0 Å². The van der Waals surface area contributed by atoms with Gasteiger partial charge in [0.25, 0.3) is 5.69 Å². The van der Waals surface area contributed by atoms with Crippen LogP contribution in [0.15, 0.2) is 46.9 Å². The minimum atomic E-state index is -0.556. The monoisotopic (exact) mass is 312 g/mol. The van der Waals surface area contributed by atoms with E-state index in [2.05, 4.69) is 10.2 Å². The predicted octanol–water partition coefficient (Wildman–Crippen LogP) is 2.90. The highest BCUT2D eigenvalue weighted by molar-refractivity contribution is 5.68. The number of nitrogens with zero attached hydrogens (tertiary/aromatic N) is 3. The molecule has 8 heteroatoms. The minimum Gasteiger partial charge on any atom is -0.497 e. The Balaban J connectivity index is 1.95. The molecule has 3 aromatic rings. The van der Waals surface area contributed by atoms with Gasteiger partial charge >= 0.3 is 0 Å². The molecular weight excluding hydrogens is 300 g/mol. The lowest BCUT2D eigenvalue weighted by Gasteiger charge is -2.00. The van der Waals surface area contributed by atoms with Crippen molar-refractivity contribution in [2.75, 3.05) is 12.8 Å². The lowest BCUT2D eigenvalue weighted by molar-refractivity contribution is -0.383. The fraction of sp³-hybridized carbons (Fsp3) is 0.0667. The fourth-order valence-corrected chi connectivity index (χ4v) is 2.02. The van der Waals surface area contributed by atoms with Gasteiger partial charge in [-0.15, -0.1) is 10.2 Å². The summed E-state index contributed by atoms with van der Waals surface area (Å²) in [6.07, 6.45) is 0. The molecule has 23 heavy (non-hydrogen) atoms. The van der Waals surface area contributed by atoms with Gasteiger partial charge in [-0.2, -0.15) is 0 Å². The predicted molar refractivity (Wildman–Crippen MR) is 82.8 cm³/mol. The van der Waals surface area contributed by atoms with E-state index in [4.69, 9.17) is 14.9 Å². The number of aromatic nitrogens is 2. The van der Waals surface area contributed by atoms with E-state index < -0.39 is 4.92 Å². The zero-order chi connectivity index (χ0) is 16.4. The molecule has 0 aliphatic carbocycles. The molecular formula is C15H12N4O4. The third-order valence-electron chi connectivity index (χ3n) is 3.24. The lowest BCUT2D eigenvalue weighted by atomic mass is 10.2. The molecule has 0 bridgehead atoms. The Morgan fingerprint density at radius 3 is 2.30 bits per heavy atom. The van der Waals surface area contributed by atoms with Crippen LogP contribution in [0.4, 0.5) is 11.4 Å². The van der Waals surface area contributed by atoms with Gasteiger partial charge in [-0.25, -0.2) is 0 Å². The maximum atomic E-state index is 10.9. The van der Waals surface area contributed by atoms with Crippen molar-refractivity contribution in [3.8, 4) is 28.7 Å². The molecule has 0 saturated carbocycles. The van der Waals surface area contributed by atoms with Crippen LogP contribution in [0.25, 0.3) is 22.9 Å². The third kappa shape index (κ3) is 2.82. The Labute approximate surface area is 130 Å². The zero-order valence-corrected chi connectivity index (χ0v) is 12.1. The van der Waals surface area contributed by atoms with Crippen molar-refractivity contribution >= 4 is 11.4 Å². The SMILES string of the molecule is COc1ccc(-c2nnc(-c3ccc(N)c([N+](=O)[O-])c3)o2)cc1. The first-order valence-electron chi connectivity index (χ1n) is 6.60. The van der Waals surface area contributed by atoms with Crippen LogP contribution in [-0.4, -0.2) is 22.2 Å². The average Bonchev–Trinajstić information content (AvgIpc) is 3.05. The van der Waals surface area contributed by atoms with Crippen molar-refractivity contribution in [1.29, 1.82) is 0 Å². The standard InChI is InChI=1S/C15H12N4O4/c1-22-11-5-2-9(3-6-11)14-17-18-15(23-14)10-4-7-12(16)13(8-10)19(20)21/h2-8H,16H2,1H3. The molecule has 3 rings (SSSR count). The molecule has 1 heterocycles. The Hall–Kier alpha value is -3.42. The van der Waals surface area contributed by atoms with Gasteiger partial charge in [-0.1, -0.05) is 0 Å². The molecule has 0 aliphatic rings. The van der Waals surface area contributed by atoms with Crippen LogP contribution in [0.3, 0.4) is 0 Å². The van der Waals surface area contributed by atoms with E-state index in [0.717, 1.165) is 5.56 Å². The molecule has 0 atom stereocenters. The smallest absolute Gasteiger partial charge is 0.292 e. The summed E-state index contributed by atoms with van der Waals surface area (Å²) in [7, 11) is 1.58. The summed E-state index contributed by atoms with van der Waals surface area (Å²) < 4.78 is 10.7. The van der Waals surface area contributed by atoms with Crippen LogP contribution in [0.5, 0.6) is 5.75 Å². The van der Waals surface area contributed by atoms with E-state index in [1.54, 1.807) is 37.4 Å². The number of rotatable bonds is 4. The molecule has 1 aromatic heterocycles. The molecule has 0 aliphatic heterocycles. The lowest BCUT2D eigenvalue weighted by Crippen LogP contribution is -1.95. The molecule has 2 N–H and O–H groups in total. The van der Waals surface area contributed by atoms with Crippen LogP contribution in [0.2, 0.25) is 0 Å². The van der Waals surface area contributed by atoms with Gasteiger partial charge in [0.05, 0.1) is 12.0 Å². The molecule has 0 unspecified atom stereocenters. The molecule has 0 amide bonds. The summed E-state index contributed by atoms with van der Waals surface area (Å²) >= 11 is 0. The molecule has 0 spiro atoms. The third-order valence-corrected chi connectivity index (χ3v) is 3.24. The van der Waals surface area contributed by atoms with Crippen LogP contribution < -0.4 is 10.5 Å². The normalized spacial score (nSPS) is 10.5. The van der Waals surface area contributed by atoms with Gasteiger partial charge < -0.3 is 14.9 Å². The molecule has 0 radical (unpaired) electrons. The maximum absolute atomic E-state index is 10.9. The molecule has 2 aromatic carbocycles. The molecule has 116 valence electrons. The number of benzene rings is 2. The van der Waals surface area contributed by atoms with Gasteiger partial charge in [0, 0.05) is 17.2 Å². The summed E-state index contributed by atoms with van der Waals surface area (Å²) in [6, 6.07) is 11.4. The number of anilines is 1. The first-order valence-corrected chi connectivity index (χ1v) is 6.60. The van der Waals surface area contributed by atoms with Crippen LogP contribution in [-0.2, 0) is 0 Å². The Morgan fingerprint density at radius 1 is 1.09 bits per heavy atom. The first kappa shape index (κ1) is 14.5. The number of hydrogen-bond donors (Lipinski definition) is 1. The summed E-state index contributed by atoms with van der Waals surface area (Å²) in [5, 5.41) is 18.8. The van der Waals surface area contributed by atoms with Crippen LogP contribution >= 0.6 is 0 Å². The second kappa shape index (κ2) is 5.76. The number of methoxy groups -OCH3 is 1. The van der Waals surface area contributed by atoms with E-state index in [0.29, 0.717) is 17.2 Å². The number of nitrogens with two attached hydrogens (primary N) is 1.